The summed E-state index contributed by atoms with van der Waals surface area (Å²) >= 11 is 0. The van der Waals surface area contributed by atoms with E-state index in [-0.39, 0.29) is 19.1 Å². The summed E-state index contributed by atoms with van der Waals surface area (Å²) in [5.74, 6) is 1.15. The first-order chi connectivity index (χ1) is 12.1. The van der Waals surface area contributed by atoms with E-state index in [9.17, 15) is 4.79 Å². The molecule has 0 spiro atoms. The van der Waals surface area contributed by atoms with E-state index in [1.807, 2.05) is 60.9 Å². The second-order valence-corrected chi connectivity index (χ2v) is 5.84. The Balaban J connectivity index is 1.56. The summed E-state index contributed by atoms with van der Waals surface area (Å²) in [6.45, 7) is 4.24. The quantitative estimate of drug-likeness (QED) is 0.751. The van der Waals surface area contributed by atoms with Crippen LogP contribution in [0.1, 0.15) is 17.0 Å². The average molecular weight is 336 g/mol. The summed E-state index contributed by atoms with van der Waals surface area (Å²) in [5, 5.41) is 10.8. The Hall–Kier alpha value is -3.15. The van der Waals surface area contributed by atoms with Crippen molar-refractivity contribution in [3.63, 3.8) is 0 Å². The lowest BCUT2D eigenvalue weighted by Gasteiger charge is -2.10. The zero-order valence-electron chi connectivity index (χ0n) is 14.3. The second kappa shape index (κ2) is 7.61. The van der Waals surface area contributed by atoms with Crippen LogP contribution in [-0.4, -0.2) is 27.3 Å². The molecule has 0 saturated carbocycles. The van der Waals surface area contributed by atoms with Gasteiger partial charge in [0.05, 0.1) is 6.54 Å². The molecule has 0 aliphatic heterocycles. The molecule has 1 amide bonds. The van der Waals surface area contributed by atoms with Crippen molar-refractivity contribution in [3.05, 3.63) is 71.8 Å². The number of benzene rings is 2. The smallest absolute Gasteiger partial charge is 0.258 e. The van der Waals surface area contributed by atoms with Crippen LogP contribution < -0.4 is 10.1 Å². The Kier molecular flexibility index (Phi) is 5.09. The predicted octanol–water partition coefficient (Wildman–Crippen LogP) is 2.58. The molecule has 0 aliphatic carbocycles. The molecule has 0 radical (unpaired) electrons. The lowest BCUT2D eigenvalue weighted by atomic mass is 10.1. The number of carbonyl (C=O) groups is 1. The minimum atomic E-state index is -0.207. The van der Waals surface area contributed by atoms with Crippen molar-refractivity contribution in [3.8, 4) is 11.4 Å². The van der Waals surface area contributed by atoms with Crippen LogP contribution in [0, 0.1) is 13.8 Å². The van der Waals surface area contributed by atoms with Crippen molar-refractivity contribution in [1.29, 1.82) is 0 Å². The molecule has 0 fully saturated rings. The summed E-state index contributed by atoms with van der Waals surface area (Å²) < 4.78 is 7.40. The second-order valence-electron chi connectivity index (χ2n) is 5.84. The number of aryl methyl sites for hydroxylation is 2. The molecule has 3 rings (SSSR count). The molecule has 2 aromatic carbocycles. The van der Waals surface area contributed by atoms with E-state index in [2.05, 4.69) is 21.6 Å². The van der Waals surface area contributed by atoms with Crippen molar-refractivity contribution in [2.24, 2.45) is 0 Å². The van der Waals surface area contributed by atoms with Crippen LogP contribution in [0.15, 0.2) is 54.9 Å². The van der Waals surface area contributed by atoms with Crippen LogP contribution in [0.4, 0.5) is 0 Å². The van der Waals surface area contributed by atoms with Crippen molar-refractivity contribution in [2.75, 3.05) is 6.61 Å². The Morgan fingerprint density at radius 3 is 2.56 bits per heavy atom. The van der Waals surface area contributed by atoms with E-state index in [0.29, 0.717) is 11.6 Å². The first-order valence-electron chi connectivity index (χ1n) is 8.04. The predicted molar refractivity (Wildman–Crippen MR) is 94.6 cm³/mol. The van der Waals surface area contributed by atoms with Gasteiger partial charge < -0.3 is 10.1 Å². The Bertz CT molecular complexity index is 839. The summed E-state index contributed by atoms with van der Waals surface area (Å²) in [5.41, 5.74) is 3.15. The van der Waals surface area contributed by atoms with E-state index in [0.717, 1.165) is 16.8 Å². The van der Waals surface area contributed by atoms with Gasteiger partial charge in [-0.25, -0.2) is 0 Å². The third kappa shape index (κ3) is 4.44. The van der Waals surface area contributed by atoms with Crippen LogP contribution in [-0.2, 0) is 11.3 Å². The fourth-order valence-corrected chi connectivity index (χ4v) is 2.58. The maximum absolute atomic E-state index is 12.0. The minimum absolute atomic E-state index is 0.0393. The first-order valence-corrected chi connectivity index (χ1v) is 8.04. The highest BCUT2D eigenvalue weighted by Crippen LogP contribution is 2.16. The third-order valence-corrected chi connectivity index (χ3v) is 3.66. The van der Waals surface area contributed by atoms with Crippen LogP contribution in [0.5, 0.6) is 5.75 Å². The standard InChI is InChI=1S/C19H20N4O2/c1-14-8-15(2)10-17(9-14)25-12-19(24)20-11-18-22-21-13-23(18)16-6-4-3-5-7-16/h3-10,13H,11-12H2,1-2H3,(H,20,24). The molecule has 0 atom stereocenters. The molecule has 6 heteroatoms. The number of ether oxygens (including phenoxy) is 1. The molecule has 6 nitrogen and oxygen atoms in total. The van der Waals surface area contributed by atoms with Gasteiger partial charge in [-0.05, 0) is 49.2 Å². The molecule has 1 aromatic heterocycles. The Morgan fingerprint density at radius 2 is 1.84 bits per heavy atom. The Morgan fingerprint density at radius 1 is 1.12 bits per heavy atom. The molecule has 128 valence electrons. The summed E-state index contributed by atoms with van der Waals surface area (Å²) in [6, 6.07) is 15.6. The van der Waals surface area contributed by atoms with Crippen LogP contribution in [0.25, 0.3) is 5.69 Å². The first kappa shape index (κ1) is 16.7. The van der Waals surface area contributed by atoms with Gasteiger partial charge in [-0.2, -0.15) is 0 Å². The van der Waals surface area contributed by atoms with Gasteiger partial charge in [-0.3, -0.25) is 9.36 Å². The number of hydrogen-bond donors (Lipinski definition) is 1. The number of amides is 1. The zero-order chi connectivity index (χ0) is 17.6. The number of hydrogen-bond acceptors (Lipinski definition) is 4. The molecule has 25 heavy (non-hydrogen) atoms. The van der Waals surface area contributed by atoms with Crippen molar-refractivity contribution < 1.29 is 9.53 Å². The SMILES string of the molecule is Cc1cc(C)cc(OCC(=O)NCc2nncn2-c2ccccc2)c1. The average Bonchev–Trinajstić information content (AvgIpc) is 3.07. The molecule has 3 aromatic rings. The minimum Gasteiger partial charge on any atom is -0.484 e. The van der Waals surface area contributed by atoms with Gasteiger partial charge >= 0.3 is 0 Å². The highest BCUT2D eigenvalue weighted by molar-refractivity contribution is 5.77. The van der Waals surface area contributed by atoms with Crippen LogP contribution in [0.3, 0.4) is 0 Å². The molecule has 1 N–H and O–H groups in total. The number of para-hydroxylation sites is 1. The normalized spacial score (nSPS) is 10.5. The van der Waals surface area contributed by atoms with E-state index < -0.39 is 0 Å². The van der Waals surface area contributed by atoms with Gasteiger partial charge in [0, 0.05) is 5.69 Å². The number of carbonyl (C=O) groups excluding carboxylic acids is 1. The molecule has 0 unspecified atom stereocenters. The number of rotatable bonds is 6. The molecule has 0 bridgehead atoms. The topological polar surface area (TPSA) is 69.0 Å². The van der Waals surface area contributed by atoms with E-state index in [1.54, 1.807) is 6.33 Å². The summed E-state index contributed by atoms with van der Waals surface area (Å²) in [4.78, 5) is 12.0. The monoisotopic (exact) mass is 336 g/mol. The van der Waals surface area contributed by atoms with Gasteiger partial charge in [0.25, 0.3) is 5.91 Å². The lowest BCUT2D eigenvalue weighted by Crippen LogP contribution is -2.29. The fraction of sp³-hybridized carbons (Fsp3) is 0.211. The number of nitrogens with one attached hydrogen (secondary N) is 1. The number of nitrogens with zero attached hydrogens (tertiary/aromatic N) is 3. The third-order valence-electron chi connectivity index (χ3n) is 3.66. The number of aromatic nitrogens is 3. The highest BCUT2D eigenvalue weighted by atomic mass is 16.5. The van der Waals surface area contributed by atoms with Gasteiger partial charge in [-0.1, -0.05) is 24.3 Å². The summed E-state index contributed by atoms with van der Waals surface area (Å²) in [7, 11) is 0. The molecular formula is C19H20N4O2. The molecule has 1 heterocycles. The summed E-state index contributed by atoms with van der Waals surface area (Å²) in [6.07, 6.45) is 1.63. The van der Waals surface area contributed by atoms with Gasteiger partial charge in [0.2, 0.25) is 0 Å². The molecule has 0 saturated heterocycles. The fourth-order valence-electron chi connectivity index (χ4n) is 2.58. The van der Waals surface area contributed by atoms with Crippen molar-refractivity contribution in [1.82, 2.24) is 20.1 Å². The Labute approximate surface area is 146 Å². The van der Waals surface area contributed by atoms with Crippen LogP contribution >= 0.6 is 0 Å². The maximum Gasteiger partial charge on any atom is 0.258 e. The van der Waals surface area contributed by atoms with Crippen molar-refractivity contribution in [2.45, 2.75) is 20.4 Å². The highest BCUT2D eigenvalue weighted by Gasteiger charge is 2.09. The maximum atomic E-state index is 12.0. The van der Waals surface area contributed by atoms with Gasteiger partial charge in [0.15, 0.2) is 12.4 Å². The molecule has 0 aliphatic rings. The van der Waals surface area contributed by atoms with Gasteiger partial charge in [-0.15, -0.1) is 10.2 Å². The van der Waals surface area contributed by atoms with Crippen molar-refractivity contribution >= 4 is 5.91 Å². The van der Waals surface area contributed by atoms with E-state index in [4.69, 9.17) is 4.74 Å². The van der Waals surface area contributed by atoms with E-state index in [1.165, 1.54) is 0 Å². The largest absolute Gasteiger partial charge is 0.484 e. The van der Waals surface area contributed by atoms with Gasteiger partial charge in [0.1, 0.15) is 12.1 Å². The van der Waals surface area contributed by atoms with Crippen LogP contribution in [0.2, 0.25) is 0 Å². The molecular weight excluding hydrogens is 316 g/mol. The lowest BCUT2D eigenvalue weighted by molar-refractivity contribution is -0.123. The zero-order valence-corrected chi connectivity index (χ0v) is 14.3. The van der Waals surface area contributed by atoms with E-state index >= 15 is 0 Å².